The van der Waals surface area contributed by atoms with Crippen molar-refractivity contribution >= 4 is 17.2 Å². The molecule has 0 aromatic carbocycles. The Morgan fingerprint density at radius 2 is 2.40 bits per heavy atom. The van der Waals surface area contributed by atoms with Crippen LogP contribution in [0.1, 0.15) is 18.2 Å². The summed E-state index contributed by atoms with van der Waals surface area (Å²) in [6.45, 7) is 2.30. The van der Waals surface area contributed by atoms with Crippen LogP contribution in [0.25, 0.3) is 0 Å². The quantitative estimate of drug-likeness (QED) is 0.816. The van der Waals surface area contributed by atoms with E-state index in [-0.39, 0.29) is 19.1 Å². The summed E-state index contributed by atoms with van der Waals surface area (Å²) in [7, 11) is 0. The molecule has 0 saturated heterocycles. The predicted octanol–water partition coefficient (Wildman–Crippen LogP) is 1.73. The number of ether oxygens (including phenoxy) is 1. The summed E-state index contributed by atoms with van der Waals surface area (Å²) in [5.74, 6) is 0.125. The van der Waals surface area contributed by atoms with E-state index in [1.54, 1.807) is 12.1 Å². The molecule has 2 N–H and O–H groups in total. The second-order valence-electron chi connectivity index (χ2n) is 4.26. The van der Waals surface area contributed by atoms with E-state index >= 15 is 0 Å². The summed E-state index contributed by atoms with van der Waals surface area (Å²) in [5, 5.41) is 17.2. The molecule has 0 aliphatic carbocycles. The summed E-state index contributed by atoms with van der Waals surface area (Å²) in [6, 6.07) is 5.20. The molecule has 2 aromatic heterocycles. The van der Waals surface area contributed by atoms with Crippen LogP contribution in [-0.2, 0) is 15.1 Å². The van der Waals surface area contributed by atoms with Crippen LogP contribution < -0.4 is 5.32 Å². The van der Waals surface area contributed by atoms with Gasteiger partial charge in [-0.2, -0.15) is 11.3 Å². The highest BCUT2D eigenvalue weighted by Gasteiger charge is 2.35. The van der Waals surface area contributed by atoms with Crippen molar-refractivity contribution in [3.8, 4) is 0 Å². The summed E-state index contributed by atoms with van der Waals surface area (Å²) < 4.78 is 10.3. The topological polar surface area (TPSA) is 71.7 Å². The molecule has 0 bridgehead atoms. The largest absolute Gasteiger partial charge is 0.466 e. The Hall–Kier alpha value is -1.63. The second kappa shape index (κ2) is 6.69. The van der Waals surface area contributed by atoms with Crippen LogP contribution in [0.15, 0.2) is 39.6 Å². The zero-order chi connectivity index (χ0) is 14.4. The summed E-state index contributed by atoms with van der Waals surface area (Å²) >= 11 is 1.47. The van der Waals surface area contributed by atoms with Gasteiger partial charge in [-0.15, -0.1) is 0 Å². The Bertz CT molecular complexity index is 487. The Morgan fingerprint density at radius 1 is 1.55 bits per heavy atom. The van der Waals surface area contributed by atoms with Crippen molar-refractivity contribution in [2.75, 3.05) is 19.8 Å². The van der Waals surface area contributed by atoms with Crippen LogP contribution in [-0.4, -0.2) is 30.8 Å². The van der Waals surface area contributed by atoms with Crippen LogP contribution in [0, 0.1) is 0 Å². The molecule has 108 valence electrons. The van der Waals surface area contributed by atoms with Gasteiger partial charge in [-0.05, 0) is 35.9 Å². The molecule has 6 heteroatoms. The molecule has 0 spiro atoms. The molecule has 0 aliphatic rings. The number of nitrogens with one attached hydrogen (secondary N) is 1. The molecule has 5 nitrogen and oxygen atoms in total. The van der Waals surface area contributed by atoms with E-state index in [1.807, 2.05) is 23.8 Å². The third-order valence-electron chi connectivity index (χ3n) is 2.91. The lowest BCUT2D eigenvalue weighted by atomic mass is 9.93. The van der Waals surface area contributed by atoms with Gasteiger partial charge < -0.3 is 19.6 Å². The number of rotatable bonds is 7. The zero-order valence-electron chi connectivity index (χ0n) is 11.2. The van der Waals surface area contributed by atoms with Crippen molar-refractivity contribution in [3.05, 3.63) is 46.5 Å². The second-order valence-corrected chi connectivity index (χ2v) is 5.04. The molecule has 1 amide bonds. The summed E-state index contributed by atoms with van der Waals surface area (Å²) in [4.78, 5) is 11.6. The van der Waals surface area contributed by atoms with Gasteiger partial charge in [0.15, 0.2) is 5.60 Å². The number of thiophene rings is 1. The molecule has 20 heavy (non-hydrogen) atoms. The standard InChI is InChI=1S/C14H17NO4S/c1-2-18-8-13(16)15-10-14(17,11-5-7-20-9-11)12-4-3-6-19-12/h3-7,9,17H,2,8,10H2,1H3,(H,15,16)/t14-/m1/s1. The minimum Gasteiger partial charge on any atom is -0.466 e. The highest BCUT2D eigenvalue weighted by molar-refractivity contribution is 7.08. The molecule has 0 fully saturated rings. The maximum atomic E-state index is 11.6. The lowest BCUT2D eigenvalue weighted by Gasteiger charge is -2.25. The Labute approximate surface area is 121 Å². The monoisotopic (exact) mass is 295 g/mol. The number of furan rings is 1. The highest BCUT2D eigenvalue weighted by atomic mass is 32.1. The predicted molar refractivity (Wildman–Crippen MR) is 75.5 cm³/mol. The molecule has 2 aromatic rings. The molecular formula is C14H17NO4S. The Morgan fingerprint density at radius 3 is 3.00 bits per heavy atom. The molecule has 0 unspecified atom stereocenters. The number of carbonyl (C=O) groups is 1. The van der Waals surface area contributed by atoms with Crippen LogP contribution in [0.4, 0.5) is 0 Å². The fourth-order valence-electron chi connectivity index (χ4n) is 1.82. The lowest BCUT2D eigenvalue weighted by Crippen LogP contribution is -2.42. The smallest absolute Gasteiger partial charge is 0.246 e. The average molecular weight is 295 g/mol. The van der Waals surface area contributed by atoms with Gasteiger partial charge >= 0.3 is 0 Å². The fraction of sp³-hybridized carbons (Fsp3) is 0.357. The maximum absolute atomic E-state index is 11.6. The number of carbonyl (C=O) groups excluding carboxylic acids is 1. The third kappa shape index (κ3) is 3.27. The first kappa shape index (κ1) is 14.8. The minimum absolute atomic E-state index is 0.0195. The van der Waals surface area contributed by atoms with Gasteiger partial charge in [0.2, 0.25) is 5.91 Å². The Kier molecular flexibility index (Phi) is 4.94. The van der Waals surface area contributed by atoms with E-state index in [4.69, 9.17) is 9.15 Å². The summed E-state index contributed by atoms with van der Waals surface area (Å²) in [6.07, 6.45) is 1.49. The van der Waals surface area contributed by atoms with E-state index in [9.17, 15) is 9.90 Å². The first-order valence-electron chi connectivity index (χ1n) is 6.30. The zero-order valence-corrected chi connectivity index (χ0v) is 12.0. The SMILES string of the molecule is CCOCC(=O)NC[C@@](O)(c1ccsc1)c1ccco1. The van der Waals surface area contributed by atoms with Crippen molar-refractivity contribution in [2.45, 2.75) is 12.5 Å². The lowest BCUT2D eigenvalue weighted by molar-refractivity contribution is -0.126. The van der Waals surface area contributed by atoms with Crippen LogP contribution in [0.2, 0.25) is 0 Å². The number of hydrogen-bond acceptors (Lipinski definition) is 5. The molecule has 0 aliphatic heterocycles. The van der Waals surface area contributed by atoms with Gasteiger partial charge in [-0.25, -0.2) is 0 Å². The van der Waals surface area contributed by atoms with Crippen molar-refractivity contribution in [2.24, 2.45) is 0 Å². The van der Waals surface area contributed by atoms with Crippen LogP contribution in [0.3, 0.4) is 0 Å². The van der Waals surface area contributed by atoms with Crippen molar-refractivity contribution in [1.82, 2.24) is 5.32 Å². The molecule has 2 heterocycles. The fourth-order valence-corrected chi connectivity index (χ4v) is 2.54. The first-order valence-corrected chi connectivity index (χ1v) is 7.24. The first-order chi connectivity index (χ1) is 9.66. The van der Waals surface area contributed by atoms with Crippen molar-refractivity contribution in [1.29, 1.82) is 0 Å². The van der Waals surface area contributed by atoms with Crippen LogP contribution >= 0.6 is 11.3 Å². The van der Waals surface area contributed by atoms with E-state index in [2.05, 4.69) is 5.32 Å². The van der Waals surface area contributed by atoms with E-state index in [0.29, 0.717) is 17.9 Å². The van der Waals surface area contributed by atoms with Gasteiger partial charge in [-0.1, -0.05) is 0 Å². The van der Waals surface area contributed by atoms with E-state index < -0.39 is 5.60 Å². The van der Waals surface area contributed by atoms with Gasteiger partial charge in [0, 0.05) is 12.2 Å². The van der Waals surface area contributed by atoms with Gasteiger partial charge in [0.05, 0.1) is 12.8 Å². The number of hydrogen-bond donors (Lipinski definition) is 2. The molecule has 2 rings (SSSR count). The Balaban J connectivity index is 2.11. The van der Waals surface area contributed by atoms with Gasteiger partial charge in [0.1, 0.15) is 12.4 Å². The normalized spacial score (nSPS) is 13.9. The summed E-state index contributed by atoms with van der Waals surface area (Å²) in [5.41, 5.74) is -0.681. The molecular weight excluding hydrogens is 278 g/mol. The molecule has 0 saturated carbocycles. The third-order valence-corrected chi connectivity index (χ3v) is 3.59. The van der Waals surface area contributed by atoms with Crippen molar-refractivity contribution in [3.63, 3.8) is 0 Å². The molecule has 0 radical (unpaired) electrons. The maximum Gasteiger partial charge on any atom is 0.246 e. The average Bonchev–Trinajstić information content (AvgIpc) is 3.14. The number of amides is 1. The van der Waals surface area contributed by atoms with E-state index in [1.165, 1.54) is 17.6 Å². The molecule has 1 atom stereocenters. The number of aliphatic hydroxyl groups is 1. The van der Waals surface area contributed by atoms with E-state index in [0.717, 1.165) is 0 Å². The minimum atomic E-state index is -1.37. The van der Waals surface area contributed by atoms with Gasteiger partial charge in [0.25, 0.3) is 0 Å². The van der Waals surface area contributed by atoms with Crippen LogP contribution in [0.5, 0.6) is 0 Å². The highest BCUT2D eigenvalue weighted by Crippen LogP contribution is 2.30. The van der Waals surface area contributed by atoms with Crippen molar-refractivity contribution < 1.29 is 19.1 Å². The van der Waals surface area contributed by atoms with Gasteiger partial charge in [-0.3, -0.25) is 4.79 Å².